The second kappa shape index (κ2) is 7.26. The van der Waals surface area contributed by atoms with Crippen molar-refractivity contribution < 1.29 is 4.74 Å². The van der Waals surface area contributed by atoms with Gasteiger partial charge in [0.05, 0.1) is 6.61 Å². The Kier molecular flexibility index (Phi) is 5.38. The molecule has 0 aromatic carbocycles. The molecule has 0 bridgehead atoms. The molecule has 1 aromatic rings. The highest BCUT2D eigenvalue weighted by Gasteiger charge is 2.22. The lowest BCUT2D eigenvalue weighted by atomic mass is 9.85. The first-order valence-electron chi connectivity index (χ1n) is 7.64. The number of nitrogens with zero attached hydrogens (tertiary/aromatic N) is 4. The van der Waals surface area contributed by atoms with Gasteiger partial charge in [-0.25, -0.2) is 0 Å². The first-order valence-corrected chi connectivity index (χ1v) is 7.64. The standard InChI is InChI=1S/C14H25N5O/c1-4-15-12-16-13(18-14(17-12)20-6-3)19(5-2)10-11-8-7-9-11/h11H,4-10H2,1-3H3,(H,15,16,17,18). The van der Waals surface area contributed by atoms with Gasteiger partial charge in [-0.05, 0) is 39.5 Å². The number of nitrogens with one attached hydrogen (secondary N) is 1. The quantitative estimate of drug-likeness (QED) is 0.788. The van der Waals surface area contributed by atoms with Gasteiger partial charge >= 0.3 is 6.01 Å². The second-order valence-corrected chi connectivity index (χ2v) is 5.04. The number of aromatic nitrogens is 3. The van der Waals surface area contributed by atoms with Gasteiger partial charge in [-0.2, -0.15) is 15.0 Å². The third-order valence-electron chi connectivity index (χ3n) is 3.58. The molecule has 6 heteroatoms. The fraction of sp³-hybridized carbons (Fsp3) is 0.786. The highest BCUT2D eigenvalue weighted by atomic mass is 16.5. The van der Waals surface area contributed by atoms with Crippen LogP contribution in [0.4, 0.5) is 11.9 Å². The lowest BCUT2D eigenvalue weighted by molar-refractivity contribution is 0.307. The largest absolute Gasteiger partial charge is 0.464 e. The van der Waals surface area contributed by atoms with Gasteiger partial charge in [0.25, 0.3) is 0 Å². The molecule has 1 saturated carbocycles. The van der Waals surface area contributed by atoms with E-state index in [1.54, 1.807) is 0 Å². The summed E-state index contributed by atoms with van der Waals surface area (Å²) in [6.45, 7) is 9.36. The van der Waals surface area contributed by atoms with Crippen molar-refractivity contribution in [2.45, 2.75) is 40.0 Å². The zero-order chi connectivity index (χ0) is 14.4. The average Bonchev–Trinajstić information content (AvgIpc) is 2.38. The van der Waals surface area contributed by atoms with Crippen LogP contribution in [0.25, 0.3) is 0 Å². The van der Waals surface area contributed by atoms with Crippen molar-refractivity contribution in [3.63, 3.8) is 0 Å². The van der Waals surface area contributed by atoms with Crippen molar-refractivity contribution in [1.29, 1.82) is 0 Å². The number of hydrogen-bond acceptors (Lipinski definition) is 6. The summed E-state index contributed by atoms with van der Waals surface area (Å²) in [5.41, 5.74) is 0. The van der Waals surface area contributed by atoms with E-state index < -0.39 is 0 Å². The highest BCUT2D eigenvalue weighted by molar-refractivity contribution is 5.38. The summed E-state index contributed by atoms with van der Waals surface area (Å²) in [6, 6.07) is 0.403. The number of hydrogen-bond donors (Lipinski definition) is 1. The number of anilines is 2. The lowest BCUT2D eigenvalue weighted by Crippen LogP contribution is -2.34. The molecular formula is C14H25N5O. The molecule has 1 N–H and O–H groups in total. The maximum absolute atomic E-state index is 5.44. The molecule has 1 fully saturated rings. The summed E-state index contributed by atoms with van der Waals surface area (Å²) in [7, 11) is 0. The maximum atomic E-state index is 5.44. The van der Waals surface area contributed by atoms with Gasteiger partial charge in [0.15, 0.2) is 0 Å². The van der Waals surface area contributed by atoms with Gasteiger partial charge in [-0.1, -0.05) is 6.42 Å². The molecule has 0 atom stereocenters. The molecule has 0 unspecified atom stereocenters. The molecule has 1 aliphatic rings. The first kappa shape index (κ1) is 14.8. The van der Waals surface area contributed by atoms with Gasteiger partial charge in [0.2, 0.25) is 11.9 Å². The van der Waals surface area contributed by atoms with Gasteiger partial charge in [-0.15, -0.1) is 0 Å². The summed E-state index contributed by atoms with van der Waals surface area (Å²) in [5, 5.41) is 3.14. The summed E-state index contributed by atoms with van der Waals surface area (Å²) >= 11 is 0. The predicted octanol–water partition coefficient (Wildman–Crippen LogP) is 2.33. The molecule has 1 aliphatic carbocycles. The van der Waals surface area contributed by atoms with Crippen LogP contribution in [0.3, 0.4) is 0 Å². The number of rotatable bonds is 8. The van der Waals surface area contributed by atoms with E-state index in [1.807, 2.05) is 13.8 Å². The van der Waals surface area contributed by atoms with E-state index in [9.17, 15) is 0 Å². The Bertz CT molecular complexity index is 398. The summed E-state index contributed by atoms with van der Waals surface area (Å²) in [6.07, 6.45) is 3.99. The van der Waals surface area contributed by atoms with Crippen LogP contribution in [0.15, 0.2) is 0 Å². The number of ether oxygens (including phenoxy) is 1. The second-order valence-electron chi connectivity index (χ2n) is 5.04. The minimum Gasteiger partial charge on any atom is -0.464 e. The van der Waals surface area contributed by atoms with Crippen LogP contribution in [0.5, 0.6) is 6.01 Å². The smallest absolute Gasteiger partial charge is 0.323 e. The van der Waals surface area contributed by atoms with Crippen LogP contribution in [-0.4, -0.2) is 41.2 Å². The van der Waals surface area contributed by atoms with E-state index in [2.05, 4.69) is 32.1 Å². The van der Waals surface area contributed by atoms with Gasteiger partial charge < -0.3 is 15.0 Å². The van der Waals surface area contributed by atoms with Crippen molar-refractivity contribution in [1.82, 2.24) is 15.0 Å². The Morgan fingerprint density at radius 2 is 2.00 bits per heavy atom. The molecule has 0 aliphatic heterocycles. The first-order chi connectivity index (χ1) is 9.76. The zero-order valence-corrected chi connectivity index (χ0v) is 12.7. The summed E-state index contributed by atoms with van der Waals surface area (Å²) < 4.78 is 5.44. The molecule has 20 heavy (non-hydrogen) atoms. The Balaban J connectivity index is 2.16. The predicted molar refractivity (Wildman–Crippen MR) is 80.4 cm³/mol. The molecule has 2 rings (SSSR count). The molecule has 6 nitrogen and oxygen atoms in total. The topological polar surface area (TPSA) is 63.2 Å². The molecule has 0 spiro atoms. The Morgan fingerprint density at radius 3 is 2.55 bits per heavy atom. The minimum atomic E-state index is 0.403. The van der Waals surface area contributed by atoms with Gasteiger partial charge in [-0.3, -0.25) is 0 Å². The van der Waals surface area contributed by atoms with Crippen molar-refractivity contribution in [2.24, 2.45) is 5.92 Å². The molecule has 0 amide bonds. The van der Waals surface area contributed by atoms with Crippen molar-refractivity contribution >= 4 is 11.9 Å². The molecule has 112 valence electrons. The van der Waals surface area contributed by atoms with Crippen LogP contribution in [0.1, 0.15) is 40.0 Å². The van der Waals surface area contributed by atoms with Gasteiger partial charge in [0, 0.05) is 19.6 Å². The van der Waals surface area contributed by atoms with Crippen LogP contribution in [0, 0.1) is 5.92 Å². The summed E-state index contributed by atoms with van der Waals surface area (Å²) in [4.78, 5) is 15.4. The van der Waals surface area contributed by atoms with E-state index >= 15 is 0 Å². The molecule has 0 radical (unpaired) electrons. The fourth-order valence-electron chi connectivity index (χ4n) is 2.26. The van der Waals surface area contributed by atoms with Crippen LogP contribution in [0.2, 0.25) is 0 Å². The highest BCUT2D eigenvalue weighted by Crippen LogP contribution is 2.28. The van der Waals surface area contributed by atoms with E-state index in [1.165, 1.54) is 19.3 Å². The lowest BCUT2D eigenvalue weighted by Gasteiger charge is -2.31. The maximum Gasteiger partial charge on any atom is 0.323 e. The Hall–Kier alpha value is -1.59. The SMILES string of the molecule is CCNc1nc(OCC)nc(N(CC)CC2CCC2)n1. The van der Waals surface area contributed by atoms with Crippen LogP contribution < -0.4 is 15.0 Å². The van der Waals surface area contributed by atoms with Crippen LogP contribution >= 0.6 is 0 Å². The average molecular weight is 279 g/mol. The van der Waals surface area contributed by atoms with Crippen molar-refractivity contribution in [3.05, 3.63) is 0 Å². The summed E-state index contributed by atoms with van der Waals surface area (Å²) in [5.74, 6) is 2.09. The fourth-order valence-corrected chi connectivity index (χ4v) is 2.26. The van der Waals surface area contributed by atoms with E-state index in [0.29, 0.717) is 24.5 Å². The Morgan fingerprint density at radius 1 is 1.20 bits per heavy atom. The molecule has 1 aromatic heterocycles. The normalized spacial score (nSPS) is 14.8. The molecule has 0 saturated heterocycles. The van der Waals surface area contributed by atoms with Crippen molar-refractivity contribution in [2.75, 3.05) is 36.5 Å². The zero-order valence-electron chi connectivity index (χ0n) is 12.7. The molecule has 1 heterocycles. The van der Waals surface area contributed by atoms with E-state index in [-0.39, 0.29) is 0 Å². The van der Waals surface area contributed by atoms with E-state index in [4.69, 9.17) is 4.74 Å². The van der Waals surface area contributed by atoms with E-state index in [0.717, 1.165) is 25.6 Å². The monoisotopic (exact) mass is 279 g/mol. The minimum absolute atomic E-state index is 0.403. The Labute approximate surface area is 121 Å². The third-order valence-corrected chi connectivity index (χ3v) is 3.58. The van der Waals surface area contributed by atoms with Gasteiger partial charge in [0.1, 0.15) is 0 Å². The third kappa shape index (κ3) is 3.71. The van der Waals surface area contributed by atoms with Crippen molar-refractivity contribution in [3.8, 4) is 6.01 Å². The van der Waals surface area contributed by atoms with Crippen LogP contribution in [-0.2, 0) is 0 Å². The molecular weight excluding hydrogens is 254 g/mol.